The van der Waals surface area contributed by atoms with Crippen molar-refractivity contribution < 1.29 is 4.79 Å². The molecule has 3 nitrogen and oxygen atoms in total. The molecule has 1 heterocycles. The third-order valence-corrected chi connectivity index (χ3v) is 2.54. The van der Waals surface area contributed by atoms with Gasteiger partial charge in [-0.25, -0.2) is 0 Å². The number of nitrogens with zero attached hydrogens (tertiary/aromatic N) is 2. The van der Waals surface area contributed by atoms with Gasteiger partial charge in [-0.2, -0.15) is 5.10 Å². The molecule has 4 heteroatoms. The van der Waals surface area contributed by atoms with E-state index < -0.39 is 0 Å². The fourth-order valence-electron chi connectivity index (χ4n) is 1.45. The molecule has 0 radical (unpaired) electrons. The summed E-state index contributed by atoms with van der Waals surface area (Å²) in [4.78, 5) is 11.9. The molecule has 0 aliphatic rings. The fraction of sp³-hybridized carbons (Fsp3) is 0.636. The Bertz CT molecular complexity index is 344. The van der Waals surface area contributed by atoms with E-state index in [9.17, 15) is 4.79 Å². The second-order valence-electron chi connectivity index (χ2n) is 3.91. The summed E-state index contributed by atoms with van der Waals surface area (Å²) in [5, 5.41) is 4.57. The standard InChI is InChI=1S/C11H17ClN2O/c1-4-5-6-10(15)11-9(12)7-13-14(11)8(2)3/h7-8H,4-6H2,1-3H3. The summed E-state index contributed by atoms with van der Waals surface area (Å²) in [6, 6.07) is 0.165. The molecular formula is C11H17ClN2O. The lowest BCUT2D eigenvalue weighted by Crippen LogP contribution is -2.12. The summed E-state index contributed by atoms with van der Waals surface area (Å²) in [5.41, 5.74) is 0.556. The number of unbranched alkanes of at least 4 members (excludes halogenated alkanes) is 1. The third kappa shape index (κ3) is 2.81. The Morgan fingerprint density at radius 2 is 2.27 bits per heavy atom. The van der Waals surface area contributed by atoms with Crippen molar-refractivity contribution in [1.29, 1.82) is 0 Å². The highest BCUT2D eigenvalue weighted by atomic mass is 35.5. The van der Waals surface area contributed by atoms with Crippen molar-refractivity contribution in [2.24, 2.45) is 0 Å². The van der Waals surface area contributed by atoms with E-state index in [0.29, 0.717) is 17.1 Å². The van der Waals surface area contributed by atoms with Crippen molar-refractivity contribution in [3.63, 3.8) is 0 Å². The molecule has 0 aliphatic carbocycles. The molecule has 0 unspecified atom stereocenters. The Morgan fingerprint density at radius 1 is 1.60 bits per heavy atom. The normalized spacial score (nSPS) is 11.0. The zero-order chi connectivity index (χ0) is 11.4. The molecule has 1 aromatic heterocycles. The van der Waals surface area contributed by atoms with Crippen molar-refractivity contribution in [2.75, 3.05) is 0 Å². The lowest BCUT2D eigenvalue weighted by Gasteiger charge is -2.10. The van der Waals surface area contributed by atoms with Crippen molar-refractivity contribution in [3.05, 3.63) is 16.9 Å². The van der Waals surface area contributed by atoms with E-state index in [1.54, 1.807) is 10.9 Å². The van der Waals surface area contributed by atoms with Crippen LogP contribution in [0.3, 0.4) is 0 Å². The van der Waals surface area contributed by atoms with Crippen LogP contribution < -0.4 is 0 Å². The number of ketones is 1. The zero-order valence-electron chi connectivity index (χ0n) is 9.46. The van der Waals surface area contributed by atoms with E-state index in [1.165, 1.54) is 0 Å². The summed E-state index contributed by atoms with van der Waals surface area (Å²) in [6.07, 6.45) is 4.01. The second kappa shape index (κ2) is 5.31. The second-order valence-corrected chi connectivity index (χ2v) is 4.31. The average Bonchev–Trinajstić information content (AvgIpc) is 2.56. The molecule has 0 aliphatic heterocycles. The van der Waals surface area contributed by atoms with Gasteiger partial charge in [-0.3, -0.25) is 9.48 Å². The molecule has 0 bridgehead atoms. The third-order valence-electron chi connectivity index (χ3n) is 2.26. The number of aromatic nitrogens is 2. The number of carbonyl (C=O) groups is 1. The Morgan fingerprint density at radius 3 is 2.80 bits per heavy atom. The number of rotatable bonds is 5. The maximum atomic E-state index is 11.9. The predicted molar refractivity (Wildman–Crippen MR) is 61.5 cm³/mol. The summed E-state index contributed by atoms with van der Waals surface area (Å²) < 4.78 is 1.69. The smallest absolute Gasteiger partial charge is 0.182 e. The highest BCUT2D eigenvalue weighted by molar-refractivity contribution is 6.33. The van der Waals surface area contributed by atoms with Crippen LogP contribution in [-0.2, 0) is 0 Å². The Kier molecular flexibility index (Phi) is 4.33. The molecule has 0 saturated carbocycles. The molecule has 84 valence electrons. The quantitative estimate of drug-likeness (QED) is 0.723. The predicted octanol–water partition coefficient (Wildman–Crippen LogP) is 3.49. The largest absolute Gasteiger partial charge is 0.292 e. The molecule has 0 fully saturated rings. The van der Waals surface area contributed by atoms with Gasteiger partial charge >= 0.3 is 0 Å². The SMILES string of the molecule is CCCCC(=O)c1c(Cl)cnn1C(C)C. The van der Waals surface area contributed by atoms with Crippen LogP contribution in [0.2, 0.25) is 5.02 Å². The highest BCUT2D eigenvalue weighted by Crippen LogP contribution is 2.21. The summed E-state index contributed by atoms with van der Waals surface area (Å²) in [5.74, 6) is 0.0908. The first-order chi connectivity index (χ1) is 7.07. The molecule has 0 aromatic carbocycles. The topological polar surface area (TPSA) is 34.9 Å². The number of halogens is 1. The Labute approximate surface area is 95.4 Å². The highest BCUT2D eigenvalue weighted by Gasteiger charge is 2.18. The van der Waals surface area contributed by atoms with E-state index in [1.807, 2.05) is 13.8 Å². The zero-order valence-corrected chi connectivity index (χ0v) is 10.2. The van der Waals surface area contributed by atoms with Gasteiger partial charge in [0.25, 0.3) is 0 Å². The lowest BCUT2D eigenvalue weighted by molar-refractivity contribution is 0.0967. The van der Waals surface area contributed by atoms with E-state index in [2.05, 4.69) is 12.0 Å². The minimum Gasteiger partial charge on any atom is -0.292 e. The summed E-state index contributed by atoms with van der Waals surface area (Å²) in [7, 11) is 0. The molecular weight excluding hydrogens is 212 g/mol. The van der Waals surface area contributed by atoms with Crippen molar-refractivity contribution in [1.82, 2.24) is 9.78 Å². The number of hydrogen-bond donors (Lipinski definition) is 0. The van der Waals surface area contributed by atoms with Crippen molar-refractivity contribution in [3.8, 4) is 0 Å². The average molecular weight is 229 g/mol. The van der Waals surface area contributed by atoms with Gasteiger partial charge in [-0.1, -0.05) is 24.9 Å². The summed E-state index contributed by atoms with van der Waals surface area (Å²) >= 11 is 5.96. The van der Waals surface area contributed by atoms with Crippen molar-refractivity contribution >= 4 is 17.4 Å². The number of carbonyl (C=O) groups excluding carboxylic acids is 1. The first kappa shape index (κ1) is 12.2. The maximum absolute atomic E-state index is 11.9. The van der Waals surface area contributed by atoms with E-state index in [4.69, 9.17) is 11.6 Å². The molecule has 1 aromatic rings. The number of Topliss-reactive ketones (excluding diaryl/α,β-unsaturated/α-hetero) is 1. The van der Waals surface area contributed by atoms with E-state index >= 15 is 0 Å². The Balaban J connectivity index is 2.91. The van der Waals surface area contributed by atoms with Gasteiger partial charge in [0.05, 0.1) is 11.2 Å². The molecule has 0 atom stereocenters. The van der Waals surface area contributed by atoms with Gasteiger partial charge < -0.3 is 0 Å². The van der Waals surface area contributed by atoms with Gasteiger partial charge in [0, 0.05) is 12.5 Å². The molecule has 0 spiro atoms. The van der Waals surface area contributed by atoms with Crippen LogP contribution in [0.5, 0.6) is 0 Å². The molecule has 0 amide bonds. The Hall–Kier alpha value is -0.830. The van der Waals surface area contributed by atoms with Crippen LogP contribution in [0.1, 0.15) is 56.6 Å². The van der Waals surface area contributed by atoms with Gasteiger partial charge in [0.15, 0.2) is 5.78 Å². The first-order valence-corrected chi connectivity index (χ1v) is 5.72. The lowest BCUT2D eigenvalue weighted by atomic mass is 10.1. The van der Waals surface area contributed by atoms with Gasteiger partial charge in [-0.05, 0) is 20.3 Å². The van der Waals surface area contributed by atoms with Gasteiger partial charge in [0.2, 0.25) is 0 Å². The summed E-state index contributed by atoms with van der Waals surface area (Å²) in [6.45, 7) is 6.04. The molecule has 0 N–H and O–H groups in total. The van der Waals surface area contributed by atoms with Gasteiger partial charge in [0.1, 0.15) is 5.69 Å². The molecule has 0 saturated heterocycles. The van der Waals surface area contributed by atoms with Crippen LogP contribution in [0.4, 0.5) is 0 Å². The van der Waals surface area contributed by atoms with E-state index in [-0.39, 0.29) is 11.8 Å². The fourth-order valence-corrected chi connectivity index (χ4v) is 1.69. The van der Waals surface area contributed by atoms with Crippen LogP contribution in [-0.4, -0.2) is 15.6 Å². The molecule has 1 rings (SSSR count). The van der Waals surface area contributed by atoms with E-state index in [0.717, 1.165) is 12.8 Å². The number of hydrogen-bond acceptors (Lipinski definition) is 2. The maximum Gasteiger partial charge on any atom is 0.182 e. The van der Waals surface area contributed by atoms with Crippen LogP contribution in [0.25, 0.3) is 0 Å². The van der Waals surface area contributed by atoms with Gasteiger partial charge in [-0.15, -0.1) is 0 Å². The molecule has 15 heavy (non-hydrogen) atoms. The van der Waals surface area contributed by atoms with Crippen LogP contribution in [0, 0.1) is 0 Å². The van der Waals surface area contributed by atoms with Crippen molar-refractivity contribution in [2.45, 2.75) is 46.1 Å². The first-order valence-electron chi connectivity index (χ1n) is 5.34. The minimum atomic E-state index is 0.0908. The van der Waals surface area contributed by atoms with Crippen LogP contribution in [0.15, 0.2) is 6.20 Å². The monoisotopic (exact) mass is 228 g/mol. The minimum absolute atomic E-state index is 0.0908. The van der Waals surface area contributed by atoms with Crippen LogP contribution >= 0.6 is 11.6 Å².